The van der Waals surface area contributed by atoms with Crippen molar-refractivity contribution in [1.29, 1.82) is 5.26 Å². The van der Waals surface area contributed by atoms with E-state index >= 15 is 0 Å². The Hall–Kier alpha value is -2.89. The van der Waals surface area contributed by atoms with Crippen molar-refractivity contribution in [1.82, 2.24) is 9.97 Å². The van der Waals surface area contributed by atoms with Crippen molar-refractivity contribution < 1.29 is 14.3 Å². The molecule has 0 aliphatic carbocycles. The number of ether oxygens (including phenoxy) is 2. The Kier molecular flexibility index (Phi) is 5.89. The number of urea groups is 1. The van der Waals surface area contributed by atoms with Gasteiger partial charge in [0, 0.05) is 12.1 Å². The van der Waals surface area contributed by atoms with Gasteiger partial charge in [-0.1, -0.05) is 11.6 Å². The minimum atomic E-state index is -0.798. The van der Waals surface area contributed by atoms with E-state index in [1.54, 1.807) is 19.2 Å². The summed E-state index contributed by atoms with van der Waals surface area (Å²) in [5, 5.41) is 9.17. The zero-order valence-electron chi connectivity index (χ0n) is 12.8. The molecule has 0 radical (unpaired) electrons. The molecule has 0 fully saturated rings. The van der Waals surface area contributed by atoms with Crippen molar-refractivity contribution in [3.05, 3.63) is 41.3 Å². The smallest absolute Gasteiger partial charge is 0.325 e. The van der Waals surface area contributed by atoms with Crippen LogP contribution in [0.15, 0.2) is 30.6 Å². The maximum absolute atomic E-state index is 11.9. The number of halogens is 1. The van der Waals surface area contributed by atoms with E-state index in [2.05, 4.69) is 9.97 Å². The summed E-state index contributed by atoms with van der Waals surface area (Å²) in [6.07, 6.45) is 2.50. The molecule has 8 nitrogen and oxygen atoms in total. The molecule has 0 unspecified atom stereocenters. The van der Waals surface area contributed by atoms with Crippen molar-refractivity contribution in [2.45, 2.75) is 0 Å². The lowest BCUT2D eigenvalue weighted by Gasteiger charge is -2.22. The van der Waals surface area contributed by atoms with Crippen molar-refractivity contribution in [3.63, 3.8) is 0 Å². The summed E-state index contributed by atoms with van der Waals surface area (Å²) in [4.78, 5) is 21.0. The molecule has 1 aromatic heterocycles. The van der Waals surface area contributed by atoms with Gasteiger partial charge in [0.25, 0.3) is 0 Å². The third-order valence-corrected chi connectivity index (χ3v) is 3.14. The quantitative estimate of drug-likeness (QED) is 0.801. The molecule has 0 atom stereocenters. The lowest BCUT2D eigenvalue weighted by Crippen LogP contribution is -2.32. The second-order valence-corrected chi connectivity index (χ2v) is 4.94. The summed E-state index contributed by atoms with van der Waals surface area (Å²) in [6, 6.07) is 5.81. The van der Waals surface area contributed by atoms with Crippen molar-refractivity contribution in [3.8, 4) is 11.8 Å². The number of nitrogens with two attached hydrogens (primary N) is 1. The van der Waals surface area contributed by atoms with Gasteiger partial charge in [-0.2, -0.15) is 5.26 Å². The summed E-state index contributed by atoms with van der Waals surface area (Å²) >= 11 is 6.02. The highest BCUT2D eigenvalue weighted by Gasteiger charge is 2.21. The van der Waals surface area contributed by atoms with Gasteiger partial charge in [-0.3, -0.25) is 0 Å². The predicted molar refractivity (Wildman–Crippen MR) is 87.3 cm³/mol. The van der Waals surface area contributed by atoms with E-state index in [0.29, 0.717) is 23.1 Å². The fourth-order valence-corrected chi connectivity index (χ4v) is 2.04. The highest BCUT2D eigenvalue weighted by atomic mass is 35.5. The van der Waals surface area contributed by atoms with Gasteiger partial charge in [-0.05, 0) is 18.2 Å². The molecule has 1 heterocycles. The lowest BCUT2D eigenvalue weighted by molar-refractivity contribution is 0.146. The highest BCUT2D eigenvalue weighted by Crippen LogP contribution is 2.35. The molecule has 2 aromatic rings. The van der Waals surface area contributed by atoms with E-state index in [9.17, 15) is 4.79 Å². The number of anilines is 2. The van der Waals surface area contributed by atoms with Gasteiger partial charge >= 0.3 is 6.03 Å². The Morgan fingerprint density at radius 3 is 2.75 bits per heavy atom. The number of carbonyl (C=O) groups excluding carboxylic acids is 1. The number of nitriles is 1. The molecular formula is C15H14ClN5O3. The Labute approximate surface area is 143 Å². The zero-order chi connectivity index (χ0) is 17.5. The molecule has 0 aliphatic rings. The first-order valence-electron chi connectivity index (χ1n) is 6.79. The fraction of sp³-hybridized carbons (Fsp3) is 0.200. The Morgan fingerprint density at radius 1 is 1.38 bits per heavy atom. The first-order valence-corrected chi connectivity index (χ1v) is 7.17. The van der Waals surface area contributed by atoms with Gasteiger partial charge in [0.15, 0.2) is 11.5 Å². The van der Waals surface area contributed by atoms with E-state index in [-0.39, 0.29) is 18.1 Å². The molecule has 0 saturated carbocycles. The number of nitrogens with zero attached hydrogens (tertiary/aromatic N) is 4. The monoisotopic (exact) mass is 347 g/mol. The maximum atomic E-state index is 11.9. The fourth-order valence-electron chi connectivity index (χ4n) is 1.87. The van der Waals surface area contributed by atoms with Gasteiger partial charge in [0.1, 0.15) is 18.4 Å². The summed E-state index contributed by atoms with van der Waals surface area (Å²) in [6.45, 7) is 0.645. The summed E-state index contributed by atoms with van der Waals surface area (Å²) in [5.41, 5.74) is 5.90. The predicted octanol–water partition coefficient (Wildman–Crippen LogP) is 2.24. The molecule has 2 N–H and O–H groups in total. The average molecular weight is 348 g/mol. The standard InChI is InChI=1S/C15H14ClN5O3/c1-23-4-5-24-13-3-2-10(16)6-12(13)21(15(18)22)14-9-19-11(7-17)8-20-14/h2-3,6,8-9H,4-5H2,1H3,(H2,18,22). The second kappa shape index (κ2) is 8.10. The van der Waals surface area contributed by atoms with Crippen LogP contribution in [0, 0.1) is 11.3 Å². The van der Waals surface area contributed by atoms with E-state index in [0.717, 1.165) is 4.90 Å². The molecular weight excluding hydrogens is 334 g/mol. The van der Waals surface area contributed by atoms with Crippen LogP contribution >= 0.6 is 11.6 Å². The number of carbonyl (C=O) groups is 1. The normalized spacial score (nSPS) is 10.0. The second-order valence-electron chi connectivity index (χ2n) is 4.50. The SMILES string of the molecule is COCCOc1ccc(Cl)cc1N(C(N)=O)c1cnc(C#N)cn1. The molecule has 2 amide bonds. The largest absolute Gasteiger partial charge is 0.489 e. The number of primary amides is 1. The lowest BCUT2D eigenvalue weighted by atomic mass is 10.2. The van der Waals surface area contributed by atoms with Crippen LogP contribution in [0.25, 0.3) is 0 Å². The van der Waals surface area contributed by atoms with Crippen LogP contribution < -0.4 is 15.4 Å². The number of hydrogen-bond acceptors (Lipinski definition) is 6. The number of amides is 2. The molecule has 0 bridgehead atoms. The van der Waals surface area contributed by atoms with Gasteiger partial charge in [0.2, 0.25) is 0 Å². The average Bonchev–Trinajstić information content (AvgIpc) is 2.57. The summed E-state index contributed by atoms with van der Waals surface area (Å²) in [5.74, 6) is 0.516. The van der Waals surface area contributed by atoms with Crippen LogP contribution in [-0.4, -0.2) is 36.3 Å². The van der Waals surface area contributed by atoms with Gasteiger partial charge in [-0.15, -0.1) is 0 Å². The molecule has 124 valence electrons. The molecule has 24 heavy (non-hydrogen) atoms. The van der Waals surface area contributed by atoms with Crippen molar-refractivity contribution in [2.24, 2.45) is 5.73 Å². The van der Waals surface area contributed by atoms with Gasteiger partial charge < -0.3 is 15.2 Å². The van der Waals surface area contributed by atoms with Gasteiger partial charge in [-0.25, -0.2) is 19.7 Å². The third-order valence-electron chi connectivity index (χ3n) is 2.91. The van der Waals surface area contributed by atoms with Crippen LogP contribution in [0.2, 0.25) is 5.02 Å². The number of methoxy groups -OCH3 is 1. The molecule has 0 saturated heterocycles. The minimum Gasteiger partial charge on any atom is -0.489 e. The Morgan fingerprint density at radius 2 is 2.17 bits per heavy atom. The third kappa shape index (κ3) is 4.10. The Balaban J connectivity index is 2.44. The highest BCUT2D eigenvalue weighted by molar-refractivity contribution is 6.31. The number of benzene rings is 1. The number of hydrogen-bond donors (Lipinski definition) is 1. The van der Waals surface area contributed by atoms with Crippen LogP contribution in [0.5, 0.6) is 5.75 Å². The Bertz CT molecular complexity index is 761. The van der Waals surface area contributed by atoms with E-state index < -0.39 is 6.03 Å². The molecule has 0 aliphatic heterocycles. The van der Waals surface area contributed by atoms with Crippen LogP contribution in [0.4, 0.5) is 16.3 Å². The molecule has 0 spiro atoms. The van der Waals surface area contributed by atoms with E-state index in [1.165, 1.54) is 18.5 Å². The molecule has 2 rings (SSSR count). The number of aromatic nitrogens is 2. The van der Waals surface area contributed by atoms with Crippen molar-refractivity contribution >= 4 is 29.1 Å². The summed E-state index contributed by atoms with van der Waals surface area (Å²) in [7, 11) is 1.55. The molecule has 1 aromatic carbocycles. The molecule has 9 heteroatoms. The number of rotatable bonds is 6. The van der Waals surface area contributed by atoms with Crippen LogP contribution in [0.1, 0.15) is 5.69 Å². The first-order chi connectivity index (χ1) is 11.6. The van der Waals surface area contributed by atoms with Crippen LogP contribution in [-0.2, 0) is 4.74 Å². The minimum absolute atomic E-state index is 0.117. The topological polar surface area (TPSA) is 114 Å². The van der Waals surface area contributed by atoms with Crippen LogP contribution in [0.3, 0.4) is 0 Å². The van der Waals surface area contributed by atoms with E-state index in [1.807, 2.05) is 6.07 Å². The zero-order valence-corrected chi connectivity index (χ0v) is 13.5. The summed E-state index contributed by atoms with van der Waals surface area (Å²) < 4.78 is 10.5. The van der Waals surface area contributed by atoms with E-state index in [4.69, 9.17) is 32.1 Å². The maximum Gasteiger partial charge on any atom is 0.325 e. The first kappa shape index (κ1) is 17.5. The van der Waals surface area contributed by atoms with Crippen molar-refractivity contribution in [2.75, 3.05) is 25.2 Å². The van der Waals surface area contributed by atoms with Gasteiger partial charge in [0.05, 0.1) is 24.7 Å².